The van der Waals surface area contributed by atoms with E-state index in [9.17, 15) is 4.79 Å². The molecule has 4 heteroatoms. The van der Waals surface area contributed by atoms with Gasteiger partial charge >= 0.3 is 5.97 Å². The Kier molecular flexibility index (Phi) is 2.13. The van der Waals surface area contributed by atoms with Gasteiger partial charge in [-0.3, -0.25) is 0 Å². The van der Waals surface area contributed by atoms with E-state index in [4.69, 9.17) is 14.2 Å². The summed E-state index contributed by atoms with van der Waals surface area (Å²) in [6.45, 7) is 6.89. The minimum absolute atomic E-state index is 0.229. The van der Waals surface area contributed by atoms with E-state index >= 15 is 0 Å². The molecular formula is C17H22O4. The summed E-state index contributed by atoms with van der Waals surface area (Å²) in [6.07, 6.45) is 5.34. The topological polar surface area (TPSA) is 44.8 Å². The van der Waals surface area contributed by atoms with E-state index in [0.717, 1.165) is 19.3 Å². The van der Waals surface area contributed by atoms with Crippen molar-refractivity contribution in [2.24, 2.45) is 23.2 Å². The highest BCUT2D eigenvalue weighted by molar-refractivity contribution is 5.87. The highest BCUT2D eigenvalue weighted by Gasteiger charge is 2.81. The van der Waals surface area contributed by atoms with Crippen molar-refractivity contribution in [2.75, 3.05) is 13.2 Å². The van der Waals surface area contributed by atoms with Gasteiger partial charge in [0.2, 0.25) is 0 Å². The van der Waals surface area contributed by atoms with Crippen LogP contribution < -0.4 is 0 Å². The number of rotatable bonds is 2. The van der Waals surface area contributed by atoms with Gasteiger partial charge in [0, 0.05) is 17.4 Å². The first-order valence-electron chi connectivity index (χ1n) is 8.17. The van der Waals surface area contributed by atoms with Crippen molar-refractivity contribution in [3.8, 4) is 0 Å². The van der Waals surface area contributed by atoms with Gasteiger partial charge in [0.05, 0.1) is 13.2 Å². The summed E-state index contributed by atoms with van der Waals surface area (Å²) in [6, 6.07) is 0. The summed E-state index contributed by atoms with van der Waals surface area (Å²) in [4.78, 5) is 12.1. The maximum absolute atomic E-state index is 12.1. The van der Waals surface area contributed by atoms with Crippen LogP contribution in [0, 0.1) is 23.2 Å². The van der Waals surface area contributed by atoms with Gasteiger partial charge in [-0.1, -0.05) is 6.58 Å². The summed E-state index contributed by atoms with van der Waals surface area (Å²) < 4.78 is 18.2. The predicted molar refractivity (Wildman–Crippen MR) is 74.3 cm³/mol. The van der Waals surface area contributed by atoms with Crippen LogP contribution in [-0.4, -0.2) is 30.6 Å². The predicted octanol–water partition coefficient (Wildman–Crippen LogP) is 2.43. The van der Waals surface area contributed by atoms with Crippen LogP contribution >= 0.6 is 0 Å². The van der Waals surface area contributed by atoms with Crippen LogP contribution in [0.15, 0.2) is 12.2 Å². The summed E-state index contributed by atoms with van der Waals surface area (Å²) in [5.41, 5.74) is 0.540. The van der Waals surface area contributed by atoms with E-state index in [2.05, 4.69) is 6.58 Å². The van der Waals surface area contributed by atoms with E-state index in [0.29, 0.717) is 42.0 Å². The Bertz CT molecular complexity index is 549. The Morgan fingerprint density at radius 1 is 1.19 bits per heavy atom. The highest BCUT2D eigenvalue weighted by Crippen LogP contribution is 2.80. The van der Waals surface area contributed by atoms with Crippen molar-refractivity contribution < 1.29 is 19.0 Å². The zero-order valence-electron chi connectivity index (χ0n) is 12.5. The molecule has 5 atom stereocenters. The van der Waals surface area contributed by atoms with Crippen LogP contribution in [-0.2, 0) is 19.0 Å². The maximum Gasteiger partial charge on any atom is 0.333 e. The quantitative estimate of drug-likeness (QED) is 0.579. The Morgan fingerprint density at radius 2 is 1.90 bits per heavy atom. The molecule has 1 aliphatic heterocycles. The highest BCUT2D eigenvalue weighted by atomic mass is 16.7. The number of fused-ring (bicyclic) bond motifs is 4. The number of hydrogen-bond acceptors (Lipinski definition) is 4. The van der Waals surface area contributed by atoms with E-state index < -0.39 is 0 Å². The molecule has 2 spiro atoms. The van der Waals surface area contributed by atoms with Crippen LogP contribution in [0.25, 0.3) is 0 Å². The third kappa shape index (κ3) is 1.28. The van der Waals surface area contributed by atoms with E-state index in [1.54, 1.807) is 6.92 Å². The van der Waals surface area contributed by atoms with E-state index in [-0.39, 0.29) is 17.4 Å². The number of esters is 1. The lowest BCUT2D eigenvalue weighted by Crippen LogP contribution is -2.52. The summed E-state index contributed by atoms with van der Waals surface area (Å²) in [7, 11) is 0. The molecule has 1 saturated heterocycles. The van der Waals surface area contributed by atoms with Crippen LogP contribution in [0.1, 0.15) is 39.0 Å². The third-order valence-electron chi connectivity index (χ3n) is 6.99. The molecular weight excluding hydrogens is 268 g/mol. The lowest BCUT2D eigenvalue weighted by atomic mass is 9.55. The number of carbonyl (C=O) groups is 1. The van der Waals surface area contributed by atoms with Crippen LogP contribution in [0.2, 0.25) is 0 Å². The van der Waals surface area contributed by atoms with Gasteiger partial charge in [0.15, 0.2) is 5.79 Å². The second-order valence-electron chi connectivity index (χ2n) is 7.98. The fourth-order valence-corrected chi connectivity index (χ4v) is 6.49. The number of hydrogen-bond donors (Lipinski definition) is 0. The average Bonchev–Trinajstić information content (AvgIpc) is 3.01. The van der Waals surface area contributed by atoms with Gasteiger partial charge in [-0.15, -0.1) is 0 Å². The summed E-state index contributed by atoms with van der Waals surface area (Å²) in [5.74, 6) is 1.03. The first-order valence-corrected chi connectivity index (χ1v) is 8.17. The molecule has 5 rings (SSSR count). The molecule has 3 bridgehead atoms. The Balaban J connectivity index is 1.52. The molecule has 5 fully saturated rings. The molecule has 4 aliphatic carbocycles. The first kappa shape index (κ1) is 12.7. The van der Waals surface area contributed by atoms with E-state index in [1.165, 1.54) is 12.8 Å². The minimum atomic E-state index is -0.353. The minimum Gasteiger partial charge on any atom is -0.456 e. The van der Waals surface area contributed by atoms with Gasteiger partial charge in [-0.05, 0) is 50.4 Å². The van der Waals surface area contributed by atoms with Crippen molar-refractivity contribution in [3.05, 3.63) is 12.2 Å². The monoisotopic (exact) mass is 290 g/mol. The van der Waals surface area contributed by atoms with Gasteiger partial charge in [0.25, 0.3) is 0 Å². The molecule has 0 aromatic rings. The van der Waals surface area contributed by atoms with Crippen LogP contribution in [0.3, 0.4) is 0 Å². The zero-order valence-corrected chi connectivity index (χ0v) is 12.5. The molecule has 1 heterocycles. The van der Waals surface area contributed by atoms with Gasteiger partial charge in [0.1, 0.15) is 5.60 Å². The smallest absolute Gasteiger partial charge is 0.333 e. The standard InChI is InChI=1S/C17H22O4/c1-10(2)14(18)21-15-6-11-5-13-16(11,9-15)8-12(7-15)17(13)19-3-4-20-17/h11-13H,1,3-9H2,2H3/t11?,12-,13?,15?,16?/m1/s1. The summed E-state index contributed by atoms with van der Waals surface area (Å²) in [5, 5.41) is 0. The SMILES string of the molecule is C=C(C)C(=O)OC12CC3CC4C3(C[C@@H](C1)C41OCCO1)C2. The first-order chi connectivity index (χ1) is 10.00. The zero-order chi connectivity index (χ0) is 14.5. The van der Waals surface area contributed by atoms with Crippen LogP contribution in [0.4, 0.5) is 0 Å². The Morgan fingerprint density at radius 3 is 2.62 bits per heavy atom. The number of ether oxygens (including phenoxy) is 3. The third-order valence-corrected chi connectivity index (χ3v) is 6.99. The molecule has 0 radical (unpaired) electrons. The van der Waals surface area contributed by atoms with Crippen molar-refractivity contribution in [3.63, 3.8) is 0 Å². The van der Waals surface area contributed by atoms with Gasteiger partial charge in [-0.2, -0.15) is 0 Å². The van der Waals surface area contributed by atoms with Crippen molar-refractivity contribution in [1.29, 1.82) is 0 Å². The molecule has 5 aliphatic rings. The van der Waals surface area contributed by atoms with E-state index in [1.807, 2.05) is 0 Å². The maximum atomic E-state index is 12.1. The van der Waals surface area contributed by atoms with Gasteiger partial charge in [-0.25, -0.2) is 4.79 Å². The second kappa shape index (κ2) is 3.54. The van der Waals surface area contributed by atoms with Crippen LogP contribution in [0.5, 0.6) is 0 Å². The molecule has 4 saturated carbocycles. The molecule has 0 aromatic carbocycles. The molecule has 114 valence electrons. The average molecular weight is 290 g/mol. The molecule has 0 N–H and O–H groups in total. The van der Waals surface area contributed by atoms with Crippen molar-refractivity contribution in [2.45, 2.75) is 50.4 Å². The Hall–Kier alpha value is -0.870. The lowest BCUT2D eigenvalue weighted by Gasteiger charge is -2.51. The molecule has 4 nitrogen and oxygen atoms in total. The second-order valence-corrected chi connectivity index (χ2v) is 7.98. The van der Waals surface area contributed by atoms with Crippen molar-refractivity contribution in [1.82, 2.24) is 0 Å². The fraction of sp³-hybridized carbons (Fsp3) is 0.824. The number of carbonyl (C=O) groups excluding carboxylic acids is 1. The van der Waals surface area contributed by atoms with Crippen molar-refractivity contribution >= 4 is 5.97 Å². The lowest BCUT2D eigenvalue weighted by molar-refractivity contribution is -0.247. The Labute approximate surface area is 124 Å². The largest absolute Gasteiger partial charge is 0.456 e. The molecule has 0 amide bonds. The van der Waals surface area contributed by atoms with Gasteiger partial charge < -0.3 is 14.2 Å². The molecule has 0 aromatic heterocycles. The molecule has 21 heavy (non-hydrogen) atoms. The fourth-order valence-electron chi connectivity index (χ4n) is 6.49. The normalized spacial score (nSPS) is 51.0. The summed E-state index contributed by atoms with van der Waals surface area (Å²) >= 11 is 0. The molecule has 4 unspecified atom stereocenters.